The third-order valence-corrected chi connectivity index (χ3v) is 3.70. The molecule has 1 N–H and O–H groups in total. The molecule has 0 spiro atoms. The number of nitrogens with zero attached hydrogens (tertiary/aromatic N) is 4. The summed E-state index contributed by atoms with van der Waals surface area (Å²) in [6.45, 7) is 4.30. The number of aromatic nitrogens is 4. The largest absolute Gasteiger partial charge is 0.435 e. The van der Waals surface area contributed by atoms with Gasteiger partial charge in [0.15, 0.2) is 11.5 Å². The number of rotatable bonds is 2. The van der Waals surface area contributed by atoms with Crippen LogP contribution in [0.25, 0.3) is 0 Å². The number of aromatic amines is 1. The second-order valence-electron chi connectivity index (χ2n) is 5.10. The third kappa shape index (κ3) is 2.53. The van der Waals surface area contributed by atoms with E-state index < -0.39 is 11.9 Å². The normalized spacial score (nSPS) is 17.8. The summed E-state index contributed by atoms with van der Waals surface area (Å²) in [6.07, 6.45) is -3.96. The van der Waals surface area contributed by atoms with Crippen molar-refractivity contribution in [3.8, 4) is 0 Å². The molecule has 3 rings (SSSR count). The number of hydrogen-bond acceptors (Lipinski definition) is 5. The van der Waals surface area contributed by atoms with Gasteiger partial charge in [0.1, 0.15) is 0 Å². The molecular weight excluding hydrogens is 287 g/mol. The van der Waals surface area contributed by atoms with Gasteiger partial charge in [-0.1, -0.05) is 5.16 Å². The van der Waals surface area contributed by atoms with Gasteiger partial charge in [0, 0.05) is 37.7 Å². The molecule has 9 heteroatoms. The van der Waals surface area contributed by atoms with Crippen LogP contribution in [0.3, 0.4) is 0 Å². The van der Waals surface area contributed by atoms with Gasteiger partial charge < -0.3 is 4.52 Å². The predicted molar refractivity (Wildman–Crippen MR) is 65.2 cm³/mol. The maximum Gasteiger partial charge on any atom is 0.435 e. The Kier molecular flexibility index (Phi) is 3.23. The number of fused-ring (bicyclic) bond motifs is 1. The molecule has 0 aromatic carbocycles. The van der Waals surface area contributed by atoms with Crippen LogP contribution in [0.1, 0.15) is 41.6 Å². The van der Waals surface area contributed by atoms with Gasteiger partial charge in [0.05, 0.1) is 6.04 Å². The van der Waals surface area contributed by atoms with Gasteiger partial charge in [0.2, 0.25) is 5.89 Å². The zero-order valence-corrected chi connectivity index (χ0v) is 11.5. The number of H-pyrrole nitrogens is 1. The Morgan fingerprint density at radius 3 is 2.76 bits per heavy atom. The second kappa shape index (κ2) is 4.83. The predicted octanol–water partition coefficient (Wildman–Crippen LogP) is 2.24. The van der Waals surface area contributed by atoms with E-state index in [-0.39, 0.29) is 18.2 Å². The first-order valence-electron chi connectivity index (χ1n) is 6.54. The molecule has 0 fully saturated rings. The van der Waals surface area contributed by atoms with Gasteiger partial charge in [-0.2, -0.15) is 23.3 Å². The van der Waals surface area contributed by atoms with Crippen LogP contribution < -0.4 is 0 Å². The Labute approximate surface area is 118 Å². The van der Waals surface area contributed by atoms with Crippen molar-refractivity contribution in [2.75, 3.05) is 6.54 Å². The first-order chi connectivity index (χ1) is 9.86. The van der Waals surface area contributed by atoms with E-state index in [0.717, 1.165) is 0 Å². The van der Waals surface area contributed by atoms with Crippen molar-refractivity contribution in [2.24, 2.45) is 0 Å². The Hall–Kier alpha value is -1.90. The Morgan fingerprint density at radius 1 is 1.38 bits per heavy atom. The highest BCUT2D eigenvalue weighted by Gasteiger charge is 2.40. The molecule has 3 heterocycles. The highest BCUT2D eigenvalue weighted by Crippen LogP contribution is 2.35. The van der Waals surface area contributed by atoms with E-state index in [4.69, 9.17) is 4.52 Å². The summed E-state index contributed by atoms with van der Waals surface area (Å²) in [5.74, 6) is 0.918. The average Bonchev–Trinajstić information content (AvgIpc) is 3.02. The summed E-state index contributed by atoms with van der Waals surface area (Å²) in [5, 5.41) is 9.74. The SMILES string of the molecule is Cc1nc(C(C)N2CCc3[nH]nc(C(F)(F)F)c3C2)no1. The lowest BCUT2D eigenvalue weighted by Gasteiger charge is -2.30. The van der Waals surface area contributed by atoms with Crippen LogP contribution in [0.2, 0.25) is 0 Å². The number of hydrogen-bond donors (Lipinski definition) is 1. The summed E-state index contributed by atoms with van der Waals surface area (Å²) in [6, 6.07) is -0.216. The fraction of sp³-hybridized carbons (Fsp3) is 0.583. The molecule has 0 saturated heterocycles. The molecule has 0 aliphatic carbocycles. The highest BCUT2D eigenvalue weighted by molar-refractivity contribution is 5.29. The fourth-order valence-corrected chi connectivity index (χ4v) is 2.53. The fourth-order valence-electron chi connectivity index (χ4n) is 2.53. The van der Waals surface area contributed by atoms with Crippen molar-refractivity contribution >= 4 is 0 Å². The van der Waals surface area contributed by atoms with Crippen molar-refractivity contribution in [1.82, 2.24) is 25.2 Å². The molecule has 21 heavy (non-hydrogen) atoms. The minimum absolute atomic E-state index is 0.162. The molecule has 0 bridgehead atoms. The Bertz CT molecular complexity index is 648. The van der Waals surface area contributed by atoms with Crippen molar-refractivity contribution in [3.05, 3.63) is 28.7 Å². The Morgan fingerprint density at radius 2 is 2.14 bits per heavy atom. The van der Waals surface area contributed by atoms with E-state index in [2.05, 4.69) is 20.3 Å². The minimum atomic E-state index is -4.45. The molecule has 0 radical (unpaired) electrons. The second-order valence-corrected chi connectivity index (χ2v) is 5.10. The lowest BCUT2D eigenvalue weighted by atomic mass is 10.0. The molecule has 2 aromatic rings. The maximum atomic E-state index is 12.9. The van der Waals surface area contributed by atoms with Crippen molar-refractivity contribution in [1.29, 1.82) is 0 Å². The summed E-state index contributed by atoms with van der Waals surface area (Å²) >= 11 is 0. The van der Waals surface area contributed by atoms with E-state index >= 15 is 0 Å². The van der Waals surface area contributed by atoms with E-state index in [1.54, 1.807) is 6.92 Å². The van der Waals surface area contributed by atoms with Gasteiger partial charge in [-0.15, -0.1) is 0 Å². The highest BCUT2D eigenvalue weighted by atomic mass is 19.4. The Balaban J connectivity index is 1.85. The lowest BCUT2D eigenvalue weighted by molar-refractivity contribution is -0.142. The smallest absolute Gasteiger partial charge is 0.340 e. The van der Waals surface area contributed by atoms with E-state index in [1.165, 1.54) is 0 Å². The van der Waals surface area contributed by atoms with Gasteiger partial charge >= 0.3 is 6.18 Å². The molecule has 1 aliphatic rings. The summed E-state index contributed by atoms with van der Waals surface area (Å²) in [4.78, 5) is 6.02. The van der Waals surface area contributed by atoms with Gasteiger partial charge in [-0.25, -0.2) is 0 Å². The molecule has 1 unspecified atom stereocenters. The van der Waals surface area contributed by atoms with Crippen LogP contribution in [0.4, 0.5) is 13.2 Å². The molecule has 114 valence electrons. The van der Waals surface area contributed by atoms with Crippen LogP contribution in [-0.2, 0) is 19.1 Å². The van der Waals surface area contributed by atoms with Crippen LogP contribution in [-0.4, -0.2) is 31.8 Å². The standard InChI is InChI=1S/C12H14F3N5O/c1-6(11-16-7(2)21-19-11)20-4-3-9-8(5-20)10(18-17-9)12(13,14)15/h6H,3-5H2,1-2H3,(H,17,18). The molecule has 1 aliphatic heterocycles. The molecule has 6 nitrogen and oxygen atoms in total. The monoisotopic (exact) mass is 301 g/mol. The van der Waals surface area contributed by atoms with Crippen molar-refractivity contribution < 1.29 is 17.7 Å². The van der Waals surface area contributed by atoms with Gasteiger partial charge in [-0.3, -0.25) is 10.00 Å². The quantitative estimate of drug-likeness (QED) is 0.921. The first-order valence-corrected chi connectivity index (χ1v) is 6.54. The molecule has 2 aromatic heterocycles. The summed E-state index contributed by atoms with van der Waals surface area (Å²) in [7, 11) is 0. The first kappa shape index (κ1) is 14.1. The topological polar surface area (TPSA) is 70.8 Å². The number of aryl methyl sites for hydroxylation is 1. The summed E-state index contributed by atoms with van der Waals surface area (Å²) < 4.78 is 43.7. The van der Waals surface area contributed by atoms with Gasteiger partial charge in [-0.05, 0) is 6.92 Å². The van der Waals surface area contributed by atoms with Crippen molar-refractivity contribution in [2.45, 2.75) is 39.0 Å². The number of nitrogens with one attached hydrogen (secondary N) is 1. The third-order valence-electron chi connectivity index (χ3n) is 3.70. The maximum absolute atomic E-state index is 12.9. The zero-order valence-electron chi connectivity index (χ0n) is 11.5. The average molecular weight is 301 g/mol. The molecule has 0 amide bonds. The zero-order chi connectivity index (χ0) is 15.2. The van der Waals surface area contributed by atoms with E-state index in [1.807, 2.05) is 11.8 Å². The number of alkyl halides is 3. The minimum Gasteiger partial charge on any atom is -0.340 e. The van der Waals surface area contributed by atoms with E-state index in [9.17, 15) is 13.2 Å². The summed E-state index contributed by atoms with van der Waals surface area (Å²) in [5.41, 5.74) is -0.0745. The van der Waals surface area contributed by atoms with Crippen LogP contribution in [0.15, 0.2) is 4.52 Å². The molecule has 0 saturated carbocycles. The van der Waals surface area contributed by atoms with Crippen LogP contribution >= 0.6 is 0 Å². The van der Waals surface area contributed by atoms with E-state index in [0.29, 0.717) is 30.4 Å². The van der Waals surface area contributed by atoms with Gasteiger partial charge in [0.25, 0.3) is 0 Å². The number of halogens is 3. The lowest BCUT2D eigenvalue weighted by Crippen LogP contribution is -2.34. The van der Waals surface area contributed by atoms with Crippen LogP contribution in [0.5, 0.6) is 0 Å². The van der Waals surface area contributed by atoms with Crippen molar-refractivity contribution in [3.63, 3.8) is 0 Å². The van der Waals surface area contributed by atoms with Crippen LogP contribution in [0, 0.1) is 6.92 Å². The molecular formula is C12H14F3N5O. The molecule has 1 atom stereocenters.